The molecule has 2 atom stereocenters. The minimum atomic E-state index is -0.750. The van der Waals surface area contributed by atoms with Crippen LogP contribution in [0.2, 0.25) is 0 Å². The average Bonchev–Trinajstić information content (AvgIpc) is 3.15. The number of carbonyl (C=O) groups is 4. The molecule has 2 aliphatic rings. The molecule has 0 saturated carbocycles. The van der Waals surface area contributed by atoms with Crippen LogP contribution in [0, 0.1) is 0 Å². The first-order valence-corrected chi connectivity index (χ1v) is 9.39. The monoisotopic (exact) mass is 394 g/mol. The maximum absolute atomic E-state index is 11.4. The number of hydrogen-bond donors (Lipinski definition) is 3. The Morgan fingerprint density at radius 3 is 1.07 bits per heavy atom. The molecule has 154 valence electrons. The van der Waals surface area contributed by atoms with E-state index in [0.717, 1.165) is 9.80 Å². The molecule has 9 heteroatoms. The highest BCUT2D eigenvalue weighted by atomic mass is 16.3. The SMILES string of the molecule is O=C1C=CC(=O)N1CCC(O)CCC(O)CCC(O)CCN1C(=O)C=CC1=O. The average molecular weight is 394 g/mol. The highest BCUT2D eigenvalue weighted by Gasteiger charge is 2.25. The van der Waals surface area contributed by atoms with Crippen LogP contribution in [0.1, 0.15) is 38.5 Å². The smallest absolute Gasteiger partial charge is 0.253 e. The van der Waals surface area contributed by atoms with Crippen molar-refractivity contribution >= 4 is 23.6 Å². The number of rotatable bonds is 12. The fourth-order valence-electron chi connectivity index (χ4n) is 3.06. The van der Waals surface area contributed by atoms with E-state index in [4.69, 9.17) is 0 Å². The van der Waals surface area contributed by atoms with Crippen molar-refractivity contribution in [1.82, 2.24) is 9.80 Å². The third kappa shape index (κ3) is 6.36. The van der Waals surface area contributed by atoms with Gasteiger partial charge in [0.2, 0.25) is 0 Å². The lowest BCUT2D eigenvalue weighted by Gasteiger charge is -2.19. The summed E-state index contributed by atoms with van der Waals surface area (Å²) in [4.78, 5) is 47.8. The predicted octanol–water partition coefficient (Wildman–Crippen LogP) is -0.740. The Morgan fingerprint density at radius 1 is 0.536 bits per heavy atom. The van der Waals surface area contributed by atoms with Crippen LogP contribution in [0.15, 0.2) is 24.3 Å². The van der Waals surface area contributed by atoms with Gasteiger partial charge in [0.25, 0.3) is 23.6 Å². The molecule has 0 aromatic rings. The molecule has 9 nitrogen and oxygen atoms in total. The number of hydrogen-bond acceptors (Lipinski definition) is 7. The summed E-state index contributed by atoms with van der Waals surface area (Å²) in [7, 11) is 0. The van der Waals surface area contributed by atoms with Gasteiger partial charge in [-0.15, -0.1) is 0 Å². The Morgan fingerprint density at radius 2 is 0.786 bits per heavy atom. The minimum absolute atomic E-state index is 0.128. The molecule has 0 bridgehead atoms. The van der Waals surface area contributed by atoms with Crippen molar-refractivity contribution in [2.75, 3.05) is 13.1 Å². The summed E-state index contributed by atoms with van der Waals surface area (Å²) in [5.74, 6) is -1.56. The summed E-state index contributed by atoms with van der Waals surface area (Å²) >= 11 is 0. The standard InChI is InChI=1S/C19H26N2O7/c22-13(1-3-14(23)9-11-20-16(25)5-6-17(20)26)2-4-15(24)10-12-21-18(27)7-8-19(21)28/h5-8,13-15,22-24H,1-4,9-12H2. The first kappa shape index (κ1) is 21.9. The number of nitrogens with zero attached hydrogens (tertiary/aromatic N) is 2. The minimum Gasteiger partial charge on any atom is -0.393 e. The molecular weight excluding hydrogens is 368 g/mol. The molecule has 2 heterocycles. The maximum atomic E-state index is 11.4. The number of carbonyl (C=O) groups excluding carboxylic acids is 4. The molecule has 28 heavy (non-hydrogen) atoms. The maximum Gasteiger partial charge on any atom is 0.253 e. The van der Waals surface area contributed by atoms with Crippen LogP contribution < -0.4 is 0 Å². The molecule has 0 saturated heterocycles. The quantitative estimate of drug-likeness (QED) is 0.371. The Bertz CT molecular complexity index is 581. The topological polar surface area (TPSA) is 135 Å². The van der Waals surface area contributed by atoms with Crippen LogP contribution in [-0.2, 0) is 19.2 Å². The number of aliphatic hydroxyl groups is 3. The Balaban J connectivity index is 1.55. The van der Waals surface area contributed by atoms with Gasteiger partial charge in [0, 0.05) is 37.4 Å². The predicted molar refractivity (Wildman–Crippen MR) is 97.4 cm³/mol. The first-order chi connectivity index (χ1) is 13.3. The van der Waals surface area contributed by atoms with Gasteiger partial charge < -0.3 is 15.3 Å². The zero-order valence-corrected chi connectivity index (χ0v) is 15.6. The van der Waals surface area contributed by atoms with Crippen molar-refractivity contribution in [1.29, 1.82) is 0 Å². The molecule has 2 rings (SSSR count). The number of aliphatic hydroxyl groups excluding tert-OH is 3. The summed E-state index contributed by atoms with van der Waals surface area (Å²) in [6.45, 7) is 0.257. The van der Waals surface area contributed by atoms with Crippen LogP contribution in [-0.4, -0.2) is 80.1 Å². The zero-order chi connectivity index (χ0) is 20.7. The highest BCUT2D eigenvalue weighted by Crippen LogP contribution is 2.14. The normalized spacial score (nSPS) is 19.8. The van der Waals surface area contributed by atoms with E-state index in [0.29, 0.717) is 25.7 Å². The second-order valence-electron chi connectivity index (χ2n) is 7.02. The van der Waals surface area contributed by atoms with Gasteiger partial charge in [-0.25, -0.2) is 0 Å². The van der Waals surface area contributed by atoms with Crippen molar-refractivity contribution in [3.8, 4) is 0 Å². The summed E-state index contributed by atoms with van der Waals surface area (Å²) in [5, 5.41) is 29.9. The summed E-state index contributed by atoms with van der Waals surface area (Å²) in [6.07, 6.45) is 4.28. The van der Waals surface area contributed by atoms with E-state index < -0.39 is 18.3 Å². The van der Waals surface area contributed by atoms with Crippen LogP contribution in [0.25, 0.3) is 0 Å². The molecule has 0 aromatic carbocycles. The van der Waals surface area contributed by atoms with Crippen molar-refractivity contribution in [2.45, 2.75) is 56.8 Å². The van der Waals surface area contributed by atoms with E-state index >= 15 is 0 Å². The molecule has 2 unspecified atom stereocenters. The van der Waals surface area contributed by atoms with Crippen molar-refractivity contribution < 1.29 is 34.5 Å². The second kappa shape index (κ2) is 10.3. The number of amides is 4. The lowest BCUT2D eigenvalue weighted by atomic mass is 10.0. The van der Waals surface area contributed by atoms with E-state index in [2.05, 4.69) is 0 Å². The van der Waals surface area contributed by atoms with Crippen molar-refractivity contribution in [2.24, 2.45) is 0 Å². The van der Waals surface area contributed by atoms with Crippen LogP contribution in [0.4, 0.5) is 0 Å². The molecular formula is C19H26N2O7. The fourth-order valence-corrected chi connectivity index (χ4v) is 3.06. The van der Waals surface area contributed by atoms with E-state index in [9.17, 15) is 34.5 Å². The second-order valence-corrected chi connectivity index (χ2v) is 7.02. The fraction of sp³-hybridized carbons (Fsp3) is 0.579. The summed E-state index contributed by atoms with van der Waals surface area (Å²) in [6, 6.07) is 0. The third-order valence-corrected chi connectivity index (χ3v) is 4.84. The Kier molecular flexibility index (Phi) is 8.04. The van der Waals surface area contributed by atoms with Gasteiger partial charge in [0.15, 0.2) is 0 Å². The molecule has 2 aliphatic heterocycles. The molecule has 0 aromatic heterocycles. The zero-order valence-electron chi connectivity index (χ0n) is 15.6. The Labute approximate surface area is 162 Å². The van der Waals surface area contributed by atoms with E-state index in [1.165, 1.54) is 24.3 Å². The lowest BCUT2D eigenvalue weighted by molar-refractivity contribution is -0.138. The van der Waals surface area contributed by atoms with E-state index in [-0.39, 0.29) is 49.6 Å². The number of imide groups is 2. The van der Waals surface area contributed by atoms with Gasteiger partial charge in [-0.2, -0.15) is 0 Å². The van der Waals surface area contributed by atoms with Gasteiger partial charge in [-0.3, -0.25) is 29.0 Å². The van der Waals surface area contributed by atoms with E-state index in [1.807, 2.05) is 0 Å². The van der Waals surface area contributed by atoms with Gasteiger partial charge in [0.05, 0.1) is 18.3 Å². The van der Waals surface area contributed by atoms with Crippen LogP contribution in [0.3, 0.4) is 0 Å². The van der Waals surface area contributed by atoms with E-state index in [1.54, 1.807) is 0 Å². The molecule has 0 fully saturated rings. The van der Waals surface area contributed by atoms with Crippen molar-refractivity contribution in [3.63, 3.8) is 0 Å². The Hall–Kier alpha value is -2.36. The van der Waals surface area contributed by atoms with Gasteiger partial charge >= 0.3 is 0 Å². The third-order valence-electron chi connectivity index (χ3n) is 4.84. The highest BCUT2D eigenvalue weighted by molar-refractivity contribution is 6.13. The van der Waals surface area contributed by atoms with Crippen LogP contribution >= 0.6 is 0 Å². The van der Waals surface area contributed by atoms with Gasteiger partial charge in [0.1, 0.15) is 0 Å². The first-order valence-electron chi connectivity index (χ1n) is 9.39. The molecule has 0 radical (unpaired) electrons. The molecule has 3 N–H and O–H groups in total. The van der Waals surface area contributed by atoms with Gasteiger partial charge in [-0.05, 0) is 38.5 Å². The molecule has 0 spiro atoms. The van der Waals surface area contributed by atoms with Crippen molar-refractivity contribution in [3.05, 3.63) is 24.3 Å². The lowest BCUT2D eigenvalue weighted by Crippen LogP contribution is -2.33. The van der Waals surface area contributed by atoms with Crippen LogP contribution in [0.5, 0.6) is 0 Å². The molecule has 0 aliphatic carbocycles. The summed E-state index contributed by atoms with van der Waals surface area (Å²) < 4.78 is 0. The van der Waals surface area contributed by atoms with Gasteiger partial charge in [-0.1, -0.05) is 0 Å². The largest absolute Gasteiger partial charge is 0.393 e. The summed E-state index contributed by atoms with van der Waals surface area (Å²) in [5.41, 5.74) is 0. The molecule has 4 amide bonds.